The molecule has 4 aromatic rings. The fraction of sp³-hybridized carbons (Fsp3) is 0.118. The smallest absolute Gasteiger partial charge is 0.272 e. The summed E-state index contributed by atoms with van der Waals surface area (Å²) in [5.41, 5.74) is 1.34. The Morgan fingerprint density at radius 3 is 2.28 bits per heavy atom. The molecule has 13 heteroatoms. The number of benzene rings is 4. The lowest BCUT2D eigenvalue weighted by molar-refractivity contribution is -0.384. The Kier molecular flexibility index (Phi) is 9.96. The van der Waals surface area contributed by atoms with Gasteiger partial charge in [0.15, 0.2) is 0 Å². The average molecular weight is 653 g/mol. The monoisotopic (exact) mass is 652 g/mol. The number of nitrogens with zero attached hydrogens (tertiary/aromatic N) is 2. The summed E-state index contributed by atoms with van der Waals surface area (Å²) in [6, 6.07) is 25.4. The number of ether oxygens (including phenoxy) is 2. The molecule has 1 fully saturated rings. The van der Waals surface area contributed by atoms with Crippen LogP contribution in [0.4, 0.5) is 17.1 Å². The third kappa shape index (κ3) is 7.65. The second-order valence-corrected chi connectivity index (χ2v) is 11.4. The second-order valence-electron chi connectivity index (χ2n) is 10.1. The molecule has 2 N–H and O–H groups in total. The molecule has 0 aromatic heterocycles. The zero-order chi connectivity index (χ0) is 33.5. The molecule has 4 aromatic carbocycles. The molecule has 1 unspecified atom stereocenters. The number of nitrogens with one attached hydrogen (secondary N) is 2. The van der Waals surface area contributed by atoms with Crippen molar-refractivity contribution in [2.24, 2.45) is 0 Å². The Hall–Kier alpha value is -5.95. The van der Waals surface area contributed by atoms with Gasteiger partial charge in [-0.25, -0.2) is 4.90 Å². The number of carbonyl (C=O) groups is 4. The normalized spacial score (nSPS) is 14.5. The van der Waals surface area contributed by atoms with Crippen LogP contribution in [-0.4, -0.2) is 48.0 Å². The number of thioether (sulfide) groups is 1. The maximum absolute atomic E-state index is 13.5. The Bertz CT molecular complexity index is 1860. The van der Waals surface area contributed by atoms with E-state index in [0.29, 0.717) is 33.2 Å². The van der Waals surface area contributed by atoms with Crippen LogP contribution in [0.2, 0.25) is 0 Å². The fourth-order valence-electron chi connectivity index (χ4n) is 4.72. The standard InChI is InChI=1S/C34H28N4O8S/c1-45-26-14-17-29(46-2)22(18-26)19-28(36-32(40)21-6-4-3-5-7-21)33(41)35-23-8-15-27(16-9-23)47-30-20-31(39)37(34(30)42)24-10-12-25(13-11-24)38(43)44/h3-19,30H,20H2,1-2H3,(H,35,41)(H,36,40)/b28-19-. The van der Waals surface area contributed by atoms with Gasteiger partial charge >= 0.3 is 0 Å². The number of non-ortho nitro benzene ring substituents is 1. The molecule has 0 radical (unpaired) electrons. The van der Waals surface area contributed by atoms with E-state index in [9.17, 15) is 29.3 Å². The summed E-state index contributed by atoms with van der Waals surface area (Å²) in [7, 11) is 3.00. The highest BCUT2D eigenvalue weighted by atomic mass is 32.2. The predicted octanol–water partition coefficient (Wildman–Crippen LogP) is 5.45. The molecule has 47 heavy (non-hydrogen) atoms. The lowest BCUT2D eigenvalue weighted by Gasteiger charge is -2.15. The quantitative estimate of drug-likeness (QED) is 0.0931. The minimum Gasteiger partial charge on any atom is -0.497 e. The summed E-state index contributed by atoms with van der Waals surface area (Å²) in [6.07, 6.45) is 1.45. The number of nitro benzene ring substituents is 1. The number of hydrogen-bond donors (Lipinski definition) is 2. The first kappa shape index (κ1) is 32.4. The highest BCUT2D eigenvalue weighted by Crippen LogP contribution is 2.35. The van der Waals surface area contributed by atoms with Crippen LogP contribution in [0.5, 0.6) is 11.5 Å². The van der Waals surface area contributed by atoms with Crippen molar-refractivity contribution in [2.75, 3.05) is 24.4 Å². The highest BCUT2D eigenvalue weighted by Gasteiger charge is 2.40. The van der Waals surface area contributed by atoms with Crippen LogP contribution in [0.25, 0.3) is 6.08 Å². The van der Waals surface area contributed by atoms with Crippen LogP contribution in [-0.2, 0) is 14.4 Å². The van der Waals surface area contributed by atoms with E-state index in [1.807, 2.05) is 0 Å². The molecule has 0 aliphatic carbocycles. The Morgan fingerprint density at radius 2 is 1.64 bits per heavy atom. The number of carbonyl (C=O) groups excluding carboxylic acids is 4. The average Bonchev–Trinajstić information content (AvgIpc) is 3.36. The molecule has 0 spiro atoms. The lowest BCUT2D eigenvalue weighted by atomic mass is 10.1. The zero-order valence-electron chi connectivity index (χ0n) is 25.2. The summed E-state index contributed by atoms with van der Waals surface area (Å²) >= 11 is 1.19. The van der Waals surface area contributed by atoms with E-state index in [1.165, 1.54) is 56.3 Å². The SMILES string of the molecule is COc1ccc(OC)c(/C=C(\NC(=O)c2ccccc2)C(=O)Nc2ccc(SC3CC(=O)N(c4ccc([N+](=O)[O-])cc4)C3=O)cc2)c1. The number of amides is 4. The maximum atomic E-state index is 13.5. The highest BCUT2D eigenvalue weighted by molar-refractivity contribution is 8.00. The third-order valence-corrected chi connectivity index (χ3v) is 8.28. The number of methoxy groups -OCH3 is 2. The predicted molar refractivity (Wildman–Crippen MR) is 176 cm³/mol. The van der Waals surface area contributed by atoms with Crippen molar-refractivity contribution in [3.63, 3.8) is 0 Å². The van der Waals surface area contributed by atoms with Crippen molar-refractivity contribution >= 4 is 58.5 Å². The van der Waals surface area contributed by atoms with Crippen molar-refractivity contribution in [3.8, 4) is 11.5 Å². The molecule has 1 heterocycles. The molecular formula is C34H28N4O8S. The molecule has 1 aliphatic heterocycles. The van der Waals surface area contributed by atoms with E-state index in [1.54, 1.807) is 72.8 Å². The fourth-order valence-corrected chi connectivity index (χ4v) is 5.77. The molecule has 4 amide bonds. The van der Waals surface area contributed by atoms with Crippen LogP contribution < -0.4 is 25.0 Å². The molecular weight excluding hydrogens is 624 g/mol. The van der Waals surface area contributed by atoms with Gasteiger partial charge in [-0.2, -0.15) is 0 Å². The summed E-state index contributed by atoms with van der Waals surface area (Å²) in [5, 5.41) is 15.7. The van der Waals surface area contributed by atoms with Crippen LogP contribution in [0, 0.1) is 10.1 Å². The molecule has 1 saturated heterocycles. The van der Waals surface area contributed by atoms with Gasteiger partial charge in [-0.3, -0.25) is 29.3 Å². The minimum atomic E-state index is -0.696. The van der Waals surface area contributed by atoms with Gasteiger partial charge in [0.2, 0.25) is 11.8 Å². The van der Waals surface area contributed by atoms with Gasteiger partial charge in [-0.1, -0.05) is 18.2 Å². The van der Waals surface area contributed by atoms with Crippen LogP contribution in [0.15, 0.2) is 108 Å². The lowest BCUT2D eigenvalue weighted by Crippen LogP contribution is -2.31. The Balaban J connectivity index is 1.31. The van der Waals surface area contributed by atoms with E-state index in [4.69, 9.17) is 9.47 Å². The Morgan fingerprint density at radius 1 is 0.936 bits per heavy atom. The molecule has 12 nitrogen and oxygen atoms in total. The first-order valence-electron chi connectivity index (χ1n) is 14.2. The van der Waals surface area contributed by atoms with Crippen LogP contribution in [0.3, 0.4) is 0 Å². The van der Waals surface area contributed by atoms with Gasteiger partial charge in [-0.05, 0) is 72.8 Å². The molecule has 0 saturated carbocycles. The van der Waals surface area contributed by atoms with Gasteiger partial charge < -0.3 is 20.1 Å². The molecule has 1 aliphatic rings. The minimum absolute atomic E-state index is 0.0397. The number of nitro groups is 1. The largest absolute Gasteiger partial charge is 0.497 e. The first-order chi connectivity index (χ1) is 22.7. The molecule has 5 rings (SSSR count). The van der Waals surface area contributed by atoms with Gasteiger partial charge in [0.25, 0.3) is 17.5 Å². The summed E-state index contributed by atoms with van der Waals surface area (Å²) in [5.74, 6) is -0.942. The third-order valence-electron chi connectivity index (χ3n) is 7.08. The van der Waals surface area contributed by atoms with E-state index in [-0.39, 0.29) is 23.5 Å². The number of anilines is 2. The number of rotatable bonds is 11. The molecule has 238 valence electrons. The Labute approximate surface area is 273 Å². The number of imide groups is 1. The van der Waals surface area contributed by atoms with E-state index >= 15 is 0 Å². The van der Waals surface area contributed by atoms with Crippen molar-refractivity contribution < 1.29 is 33.6 Å². The summed E-state index contributed by atoms with van der Waals surface area (Å²) < 4.78 is 10.8. The number of hydrogen-bond acceptors (Lipinski definition) is 9. The summed E-state index contributed by atoms with van der Waals surface area (Å²) in [6.45, 7) is 0. The van der Waals surface area contributed by atoms with E-state index in [2.05, 4.69) is 10.6 Å². The second kappa shape index (κ2) is 14.4. The van der Waals surface area contributed by atoms with E-state index in [0.717, 1.165) is 4.90 Å². The van der Waals surface area contributed by atoms with Crippen molar-refractivity contribution in [2.45, 2.75) is 16.6 Å². The summed E-state index contributed by atoms with van der Waals surface area (Å²) in [4.78, 5) is 64.4. The molecule has 1 atom stereocenters. The van der Waals surface area contributed by atoms with Crippen molar-refractivity contribution in [3.05, 3.63) is 124 Å². The molecule has 0 bridgehead atoms. The van der Waals surface area contributed by atoms with Crippen LogP contribution in [0.1, 0.15) is 22.3 Å². The van der Waals surface area contributed by atoms with Crippen molar-refractivity contribution in [1.82, 2.24) is 5.32 Å². The van der Waals surface area contributed by atoms with Gasteiger partial charge in [0, 0.05) is 40.3 Å². The first-order valence-corrected chi connectivity index (χ1v) is 15.0. The van der Waals surface area contributed by atoms with Gasteiger partial charge in [0.05, 0.1) is 30.1 Å². The topological polar surface area (TPSA) is 157 Å². The zero-order valence-corrected chi connectivity index (χ0v) is 26.0. The van der Waals surface area contributed by atoms with Crippen molar-refractivity contribution in [1.29, 1.82) is 0 Å². The van der Waals surface area contributed by atoms with Gasteiger partial charge in [0.1, 0.15) is 17.2 Å². The maximum Gasteiger partial charge on any atom is 0.272 e. The van der Waals surface area contributed by atoms with E-state index < -0.39 is 33.8 Å². The van der Waals surface area contributed by atoms with Crippen LogP contribution >= 0.6 is 11.8 Å². The van der Waals surface area contributed by atoms with Gasteiger partial charge in [-0.15, -0.1) is 11.8 Å².